The number of aromatic hydroxyl groups is 1. The van der Waals surface area contributed by atoms with Crippen molar-refractivity contribution >= 4 is 5.97 Å². The van der Waals surface area contributed by atoms with Gasteiger partial charge in [0, 0.05) is 5.92 Å². The molecule has 0 bridgehead atoms. The van der Waals surface area contributed by atoms with Crippen molar-refractivity contribution in [1.29, 1.82) is 0 Å². The Morgan fingerprint density at radius 2 is 1.81 bits per heavy atom. The summed E-state index contributed by atoms with van der Waals surface area (Å²) in [6.07, 6.45) is 0. The van der Waals surface area contributed by atoms with E-state index in [1.807, 2.05) is 32.0 Å². The third kappa shape index (κ3) is 2.77. The van der Waals surface area contributed by atoms with Crippen LogP contribution in [0.25, 0.3) is 0 Å². The highest BCUT2D eigenvalue weighted by Crippen LogP contribution is 2.35. The summed E-state index contributed by atoms with van der Waals surface area (Å²) in [5, 5.41) is 10.0. The number of methoxy groups -OCH3 is 1. The molecule has 1 N–H and O–H groups in total. The molecule has 2 rings (SSSR count). The molecule has 0 aromatic heterocycles. The first-order valence-electron chi connectivity index (χ1n) is 6.93. The van der Waals surface area contributed by atoms with Gasteiger partial charge in [-0.25, -0.2) is 4.79 Å². The van der Waals surface area contributed by atoms with Crippen LogP contribution in [0.1, 0.15) is 45.5 Å². The van der Waals surface area contributed by atoms with Gasteiger partial charge in [0.15, 0.2) is 0 Å². The maximum absolute atomic E-state index is 11.9. The Labute approximate surface area is 125 Å². The second kappa shape index (κ2) is 6.00. The largest absolute Gasteiger partial charge is 0.507 e. The van der Waals surface area contributed by atoms with Crippen LogP contribution in [0.2, 0.25) is 0 Å². The third-order valence-electron chi connectivity index (χ3n) is 3.94. The van der Waals surface area contributed by atoms with Crippen molar-refractivity contribution in [2.24, 2.45) is 0 Å². The molecular weight excluding hydrogens is 264 g/mol. The monoisotopic (exact) mass is 284 g/mol. The van der Waals surface area contributed by atoms with Gasteiger partial charge in [-0.2, -0.15) is 0 Å². The molecule has 0 aliphatic rings. The molecule has 110 valence electrons. The summed E-state index contributed by atoms with van der Waals surface area (Å²) in [6.45, 7) is 5.90. The van der Waals surface area contributed by atoms with Gasteiger partial charge in [-0.1, -0.05) is 37.3 Å². The molecule has 0 amide bonds. The summed E-state index contributed by atoms with van der Waals surface area (Å²) in [7, 11) is 1.32. The zero-order valence-electron chi connectivity index (χ0n) is 12.8. The van der Waals surface area contributed by atoms with Gasteiger partial charge >= 0.3 is 5.97 Å². The minimum atomic E-state index is -0.508. The second-order valence-corrected chi connectivity index (χ2v) is 5.25. The lowest BCUT2D eigenvalue weighted by Crippen LogP contribution is -2.10. The Kier molecular flexibility index (Phi) is 4.32. The Balaban J connectivity index is 2.61. The van der Waals surface area contributed by atoms with E-state index in [1.165, 1.54) is 12.7 Å². The SMILES string of the molecule is COC(=O)c1c(O)cc(C)c(C(C)c2ccccc2)c1C. The molecule has 0 saturated carbocycles. The fourth-order valence-corrected chi connectivity index (χ4v) is 2.91. The summed E-state index contributed by atoms with van der Waals surface area (Å²) in [5.74, 6) is -0.400. The van der Waals surface area contributed by atoms with Crippen LogP contribution in [-0.2, 0) is 4.74 Å². The number of esters is 1. The van der Waals surface area contributed by atoms with E-state index in [2.05, 4.69) is 19.1 Å². The Morgan fingerprint density at radius 3 is 2.38 bits per heavy atom. The van der Waals surface area contributed by atoms with Crippen molar-refractivity contribution in [2.75, 3.05) is 7.11 Å². The van der Waals surface area contributed by atoms with Crippen molar-refractivity contribution in [1.82, 2.24) is 0 Å². The smallest absolute Gasteiger partial charge is 0.341 e. The number of phenolic OH excluding ortho intramolecular Hbond substituents is 1. The lowest BCUT2D eigenvalue weighted by molar-refractivity contribution is 0.0596. The molecule has 2 aromatic carbocycles. The minimum absolute atomic E-state index is 0.0270. The fraction of sp³-hybridized carbons (Fsp3) is 0.278. The highest BCUT2D eigenvalue weighted by Gasteiger charge is 2.22. The lowest BCUT2D eigenvalue weighted by atomic mass is 9.84. The number of aryl methyl sites for hydroxylation is 1. The van der Waals surface area contributed by atoms with Crippen LogP contribution in [0.5, 0.6) is 5.75 Å². The molecule has 0 fully saturated rings. The van der Waals surface area contributed by atoms with Crippen LogP contribution in [0, 0.1) is 13.8 Å². The van der Waals surface area contributed by atoms with Gasteiger partial charge in [0.25, 0.3) is 0 Å². The van der Waals surface area contributed by atoms with Crippen LogP contribution in [0.4, 0.5) is 0 Å². The van der Waals surface area contributed by atoms with E-state index in [9.17, 15) is 9.90 Å². The second-order valence-electron chi connectivity index (χ2n) is 5.25. The van der Waals surface area contributed by atoms with E-state index >= 15 is 0 Å². The predicted octanol–water partition coefficient (Wildman–Crippen LogP) is 3.95. The first kappa shape index (κ1) is 15.1. The zero-order chi connectivity index (χ0) is 15.6. The first-order valence-corrected chi connectivity index (χ1v) is 6.93. The normalized spacial score (nSPS) is 12.0. The van der Waals surface area contributed by atoms with E-state index in [1.54, 1.807) is 6.07 Å². The molecule has 0 radical (unpaired) electrons. The molecular formula is C18H20O3. The number of carbonyl (C=O) groups excluding carboxylic acids is 1. The van der Waals surface area contributed by atoms with Crippen molar-refractivity contribution in [3.63, 3.8) is 0 Å². The summed E-state index contributed by atoms with van der Waals surface area (Å²) < 4.78 is 4.78. The fourth-order valence-electron chi connectivity index (χ4n) is 2.91. The van der Waals surface area contributed by atoms with Gasteiger partial charge in [-0.15, -0.1) is 0 Å². The average Bonchev–Trinajstić information content (AvgIpc) is 2.47. The van der Waals surface area contributed by atoms with E-state index in [-0.39, 0.29) is 17.2 Å². The Hall–Kier alpha value is -2.29. The number of hydrogen-bond acceptors (Lipinski definition) is 3. The highest BCUT2D eigenvalue weighted by molar-refractivity contribution is 5.94. The summed E-state index contributed by atoms with van der Waals surface area (Å²) in [6, 6.07) is 11.7. The van der Waals surface area contributed by atoms with Crippen LogP contribution in [0.15, 0.2) is 36.4 Å². The molecule has 0 aliphatic carbocycles. The maximum atomic E-state index is 11.9. The number of phenols is 1. The van der Waals surface area contributed by atoms with Crippen LogP contribution < -0.4 is 0 Å². The van der Waals surface area contributed by atoms with E-state index in [4.69, 9.17) is 4.74 Å². The third-order valence-corrected chi connectivity index (χ3v) is 3.94. The van der Waals surface area contributed by atoms with Crippen molar-refractivity contribution in [3.8, 4) is 5.75 Å². The summed E-state index contributed by atoms with van der Waals surface area (Å²) >= 11 is 0. The number of carbonyl (C=O) groups is 1. The number of rotatable bonds is 3. The molecule has 3 heteroatoms. The quantitative estimate of drug-likeness (QED) is 0.868. The first-order chi connectivity index (χ1) is 9.97. The lowest BCUT2D eigenvalue weighted by Gasteiger charge is -2.21. The van der Waals surface area contributed by atoms with Gasteiger partial charge in [0.2, 0.25) is 0 Å². The van der Waals surface area contributed by atoms with E-state index in [0.29, 0.717) is 0 Å². The molecule has 0 heterocycles. The van der Waals surface area contributed by atoms with Gasteiger partial charge in [-0.3, -0.25) is 0 Å². The molecule has 0 saturated heterocycles. The molecule has 21 heavy (non-hydrogen) atoms. The van der Waals surface area contributed by atoms with Gasteiger partial charge < -0.3 is 9.84 Å². The predicted molar refractivity (Wildman–Crippen MR) is 82.9 cm³/mol. The van der Waals surface area contributed by atoms with Crippen LogP contribution in [-0.4, -0.2) is 18.2 Å². The van der Waals surface area contributed by atoms with E-state index in [0.717, 1.165) is 16.7 Å². The zero-order valence-corrected chi connectivity index (χ0v) is 12.8. The Morgan fingerprint density at radius 1 is 1.19 bits per heavy atom. The summed E-state index contributed by atoms with van der Waals surface area (Å²) in [5.41, 5.74) is 4.22. The number of benzene rings is 2. The molecule has 1 atom stereocenters. The van der Waals surface area contributed by atoms with Crippen LogP contribution >= 0.6 is 0 Å². The molecule has 1 unspecified atom stereocenters. The molecule has 0 aliphatic heterocycles. The molecule has 0 spiro atoms. The highest BCUT2D eigenvalue weighted by atomic mass is 16.5. The van der Waals surface area contributed by atoms with Gasteiger partial charge in [0.1, 0.15) is 11.3 Å². The molecule has 2 aromatic rings. The van der Waals surface area contributed by atoms with Crippen LogP contribution in [0.3, 0.4) is 0 Å². The number of hydrogen-bond donors (Lipinski definition) is 1. The molecule has 3 nitrogen and oxygen atoms in total. The van der Waals surface area contributed by atoms with Crippen molar-refractivity contribution in [2.45, 2.75) is 26.7 Å². The van der Waals surface area contributed by atoms with Crippen molar-refractivity contribution in [3.05, 3.63) is 64.2 Å². The van der Waals surface area contributed by atoms with Gasteiger partial charge in [-0.05, 0) is 42.2 Å². The average molecular weight is 284 g/mol. The van der Waals surface area contributed by atoms with Crippen molar-refractivity contribution < 1.29 is 14.6 Å². The van der Waals surface area contributed by atoms with E-state index < -0.39 is 5.97 Å². The minimum Gasteiger partial charge on any atom is -0.507 e. The topological polar surface area (TPSA) is 46.5 Å². The number of ether oxygens (including phenoxy) is 1. The standard InChI is InChI=1S/C18H20O3/c1-11-10-15(19)17(18(20)21-4)13(3)16(11)12(2)14-8-6-5-7-9-14/h5-10,12,19H,1-4H3. The maximum Gasteiger partial charge on any atom is 0.341 e. The summed E-state index contributed by atoms with van der Waals surface area (Å²) in [4.78, 5) is 11.9. The Bertz CT molecular complexity index is 660. The van der Waals surface area contributed by atoms with Gasteiger partial charge in [0.05, 0.1) is 7.11 Å².